The van der Waals surface area contributed by atoms with Crippen molar-refractivity contribution < 1.29 is 17.1 Å². The molecule has 2 aliphatic carbocycles. The molecule has 2 nitrogen and oxygen atoms in total. The summed E-state index contributed by atoms with van der Waals surface area (Å²) in [6.45, 7) is 0. The van der Waals surface area contributed by atoms with E-state index in [0.717, 1.165) is 11.5 Å². The Morgan fingerprint density at radius 2 is 1.39 bits per heavy atom. The van der Waals surface area contributed by atoms with Crippen LogP contribution in [0.4, 0.5) is 0 Å². The van der Waals surface area contributed by atoms with Gasteiger partial charge in [-0.2, -0.15) is 5.26 Å². The molecule has 0 bridgehead atoms. The fourth-order valence-electron chi connectivity index (χ4n) is 1.57. The maximum Gasteiger partial charge on any atom is 0.101 e. The standard InChI is InChI=1S/C10H7N2.C5H5.Fe/c11-5-9-6-12-7-10(9)8-3-1-2-4-8;1-2-4-5-3-1;/h1-4,6-7,12H;1-5H;. The van der Waals surface area contributed by atoms with Gasteiger partial charge in [-0.05, 0) is 63.4 Å². The van der Waals surface area contributed by atoms with Crippen molar-refractivity contribution in [3.63, 3.8) is 0 Å². The number of nitrogens with zero attached hydrogens (tertiary/aromatic N) is 1. The Balaban J connectivity index is 0.000000230. The van der Waals surface area contributed by atoms with Crippen molar-refractivity contribution in [1.82, 2.24) is 4.98 Å². The van der Waals surface area contributed by atoms with E-state index in [1.54, 1.807) is 6.20 Å². The van der Waals surface area contributed by atoms with Gasteiger partial charge >= 0.3 is 0 Å². The van der Waals surface area contributed by atoms with Crippen LogP contribution in [-0.4, -0.2) is 4.98 Å². The van der Waals surface area contributed by atoms with Gasteiger partial charge in [0, 0.05) is 35.4 Å². The van der Waals surface area contributed by atoms with E-state index in [-0.39, 0.29) is 17.1 Å². The third kappa shape index (κ3) is 4.19. The summed E-state index contributed by atoms with van der Waals surface area (Å²) in [4.78, 5) is 2.92. The molecule has 0 aromatic carbocycles. The molecule has 1 N–H and O–H groups in total. The van der Waals surface area contributed by atoms with E-state index in [0.29, 0.717) is 5.56 Å². The monoisotopic (exact) mass is 276 g/mol. The van der Waals surface area contributed by atoms with Crippen LogP contribution in [0.15, 0.2) is 12.4 Å². The number of hydrogen-bond donors (Lipinski definition) is 1. The first kappa shape index (κ1) is 15.3. The number of nitrogens with one attached hydrogen (secondary N) is 1. The normalized spacial score (nSPS) is 18.6. The molecule has 0 spiro atoms. The van der Waals surface area contributed by atoms with E-state index >= 15 is 0 Å². The zero-order valence-corrected chi connectivity index (χ0v) is 10.8. The van der Waals surface area contributed by atoms with Crippen LogP contribution in [0, 0.1) is 75.0 Å². The molecule has 2 fully saturated rings. The van der Waals surface area contributed by atoms with Crippen LogP contribution in [0.25, 0.3) is 0 Å². The van der Waals surface area contributed by atoms with Crippen molar-refractivity contribution in [2.45, 2.75) is 0 Å². The van der Waals surface area contributed by atoms with Crippen LogP contribution in [0.1, 0.15) is 11.1 Å². The maximum atomic E-state index is 8.74. The van der Waals surface area contributed by atoms with Crippen LogP contribution in [0.2, 0.25) is 0 Å². The van der Waals surface area contributed by atoms with Crippen LogP contribution in [0.3, 0.4) is 0 Å². The molecule has 0 unspecified atom stereocenters. The molecule has 1 aromatic heterocycles. The minimum absolute atomic E-state index is 0. The Morgan fingerprint density at radius 1 is 0.833 bits per heavy atom. The van der Waals surface area contributed by atoms with Crippen molar-refractivity contribution in [2.75, 3.05) is 0 Å². The zero-order chi connectivity index (χ0) is 11.9. The fourth-order valence-corrected chi connectivity index (χ4v) is 1.57. The molecule has 90 valence electrons. The smallest absolute Gasteiger partial charge is 0.101 e. The largest absolute Gasteiger partial charge is 0.366 e. The first-order valence-electron chi connectivity index (χ1n) is 5.37. The first-order chi connectivity index (χ1) is 8.42. The number of rotatable bonds is 1. The maximum absolute atomic E-state index is 8.74. The molecule has 0 saturated heterocycles. The van der Waals surface area contributed by atoms with Crippen LogP contribution in [0.5, 0.6) is 0 Å². The Labute approximate surface area is 121 Å². The molecule has 10 radical (unpaired) electrons. The van der Waals surface area contributed by atoms with Crippen LogP contribution < -0.4 is 0 Å². The molecule has 3 heteroatoms. The van der Waals surface area contributed by atoms with Crippen molar-refractivity contribution in [3.05, 3.63) is 87.2 Å². The second kappa shape index (κ2) is 8.40. The second-order valence-corrected chi connectivity index (χ2v) is 3.53. The van der Waals surface area contributed by atoms with E-state index < -0.39 is 0 Å². The van der Waals surface area contributed by atoms with Gasteiger partial charge < -0.3 is 4.98 Å². The summed E-state index contributed by atoms with van der Waals surface area (Å²) in [5.74, 6) is 1.09. The van der Waals surface area contributed by atoms with Gasteiger partial charge in [-0.25, -0.2) is 0 Å². The topological polar surface area (TPSA) is 39.6 Å². The Kier molecular flexibility index (Phi) is 7.16. The van der Waals surface area contributed by atoms with E-state index in [1.165, 1.54) is 0 Å². The average molecular weight is 276 g/mol. The van der Waals surface area contributed by atoms with Gasteiger partial charge in [-0.3, -0.25) is 0 Å². The molecule has 0 atom stereocenters. The van der Waals surface area contributed by atoms with Crippen LogP contribution >= 0.6 is 0 Å². The van der Waals surface area contributed by atoms with E-state index in [9.17, 15) is 0 Å². The quantitative estimate of drug-likeness (QED) is 0.787. The number of nitriles is 1. The Morgan fingerprint density at radius 3 is 1.89 bits per heavy atom. The third-order valence-electron chi connectivity index (χ3n) is 2.40. The van der Waals surface area contributed by atoms with Gasteiger partial charge in [0.1, 0.15) is 6.07 Å². The number of aromatic amines is 1. The summed E-state index contributed by atoms with van der Waals surface area (Å²) in [6.07, 6.45) is 21.5. The van der Waals surface area contributed by atoms with Gasteiger partial charge in [0.05, 0.1) is 5.56 Å². The fraction of sp³-hybridized carbons (Fsp3) is 0. The van der Waals surface area contributed by atoms with E-state index in [4.69, 9.17) is 5.26 Å². The van der Waals surface area contributed by atoms with Crippen molar-refractivity contribution in [3.8, 4) is 6.07 Å². The first-order valence-corrected chi connectivity index (χ1v) is 5.37. The Hall–Kier alpha value is -0.711. The van der Waals surface area contributed by atoms with Crippen molar-refractivity contribution in [2.24, 2.45) is 0 Å². The molecule has 0 aliphatic heterocycles. The molecule has 3 rings (SSSR count). The SMILES string of the molecule is N#Cc1c[nH]cc1[C]1[CH][CH][CH][CH]1.[CH]1[CH][CH][CH][CH]1.[Fe]. The van der Waals surface area contributed by atoms with Gasteiger partial charge in [-0.15, -0.1) is 0 Å². The molecular weight excluding hydrogens is 264 g/mol. The van der Waals surface area contributed by atoms with Crippen LogP contribution in [-0.2, 0) is 17.1 Å². The van der Waals surface area contributed by atoms with Crippen molar-refractivity contribution >= 4 is 0 Å². The molecule has 2 saturated carbocycles. The molecule has 18 heavy (non-hydrogen) atoms. The second-order valence-electron chi connectivity index (χ2n) is 3.53. The summed E-state index contributed by atoms with van der Waals surface area (Å²) >= 11 is 0. The minimum Gasteiger partial charge on any atom is -0.366 e. The third-order valence-corrected chi connectivity index (χ3v) is 2.40. The van der Waals surface area contributed by atoms with Crippen molar-refractivity contribution in [1.29, 1.82) is 5.26 Å². The van der Waals surface area contributed by atoms with Gasteiger partial charge in [0.2, 0.25) is 0 Å². The summed E-state index contributed by atoms with van der Waals surface area (Å²) in [6, 6.07) is 2.13. The molecule has 1 aromatic rings. The number of hydrogen-bond acceptors (Lipinski definition) is 1. The molecule has 1 heterocycles. The summed E-state index contributed by atoms with van der Waals surface area (Å²) < 4.78 is 0. The van der Waals surface area contributed by atoms with E-state index in [2.05, 4.69) is 11.1 Å². The van der Waals surface area contributed by atoms with E-state index in [1.807, 2.05) is 64.0 Å². The molecular formula is C15H12FeN2. The average Bonchev–Trinajstić information content (AvgIpc) is 3.12. The number of aromatic nitrogens is 1. The van der Waals surface area contributed by atoms with Gasteiger partial charge in [0.15, 0.2) is 0 Å². The minimum atomic E-state index is 0. The molecule has 0 amide bonds. The Bertz CT molecular complexity index is 360. The number of H-pyrrole nitrogens is 1. The predicted molar refractivity (Wildman–Crippen MR) is 66.6 cm³/mol. The summed E-state index contributed by atoms with van der Waals surface area (Å²) in [5, 5.41) is 8.74. The summed E-state index contributed by atoms with van der Waals surface area (Å²) in [7, 11) is 0. The summed E-state index contributed by atoms with van der Waals surface area (Å²) in [5.41, 5.74) is 1.67. The van der Waals surface area contributed by atoms with Gasteiger partial charge in [-0.1, -0.05) is 0 Å². The van der Waals surface area contributed by atoms with Gasteiger partial charge in [0.25, 0.3) is 0 Å². The molecule has 2 aliphatic rings. The predicted octanol–water partition coefficient (Wildman–Crippen LogP) is 2.66. The zero-order valence-electron chi connectivity index (χ0n) is 9.65.